The van der Waals surface area contributed by atoms with Crippen molar-refractivity contribution in [3.8, 4) is 11.4 Å². The smallest absolute Gasteiger partial charge is 0.410 e. The van der Waals surface area contributed by atoms with Gasteiger partial charge < -0.3 is 39.0 Å². The Morgan fingerprint density at radius 1 is 1.08 bits per heavy atom. The molecule has 3 fully saturated rings. The predicted molar refractivity (Wildman–Crippen MR) is 226 cm³/mol. The van der Waals surface area contributed by atoms with Crippen LogP contribution in [-0.4, -0.2) is 153 Å². The summed E-state index contributed by atoms with van der Waals surface area (Å²) in [5, 5.41) is 22.9. The van der Waals surface area contributed by atoms with Crippen molar-refractivity contribution < 1.29 is 51.9 Å². The Labute approximate surface area is 363 Å². The quantitative estimate of drug-likeness (QED) is 0.180. The van der Waals surface area contributed by atoms with Gasteiger partial charge in [0, 0.05) is 63.2 Å². The molecule has 0 radical (unpaired) electrons. The van der Waals surface area contributed by atoms with Gasteiger partial charge in [-0.25, -0.2) is 4.79 Å². The normalized spacial score (nSPS) is 34.0. The Morgan fingerprint density at radius 2 is 1.77 bits per heavy atom. The number of esters is 1. The lowest BCUT2D eigenvalue weighted by Gasteiger charge is -2.45. The first-order chi connectivity index (χ1) is 28.8. The van der Waals surface area contributed by atoms with Crippen LogP contribution < -0.4 is 5.32 Å². The highest BCUT2D eigenvalue weighted by Gasteiger charge is 2.59. The molecule has 3 aliphatic rings. The lowest BCUT2D eigenvalue weighted by Crippen LogP contribution is -2.61. The number of rotatable bonds is 11. The average molecular weight is 880 g/mol. The van der Waals surface area contributed by atoms with Gasteiger partial charge in [-0.05, 0) is 93.0 Å². The molecule has 5 heterocycles. The molecule has 2 unspecified atom stereocenters. The number of cyclic esters (lactones) is 1. The number of aliphatic hydroxyl groups is 1. The molecule has 0 spiro atoms. The van der Waals surface area contributed by atoms with Crippen molar-refractivity contribution in [2.75, 3.05) is 34.0 Å². The van der Waals surface area contributed by atoms with Gasteiger partial charge in [-0.3, -0.25) is 28.9 Å². The minimum Gasteiger partial charge on any atom is -0.458 e. The molecule has 5 rings (SSSR count). The van der Waals surface area contributed by atoms with Gasteiger partial charge in [0.05, 0.1) is 41.8 Å². The van der Waals surface area contributed by atoms with Crippen molar-refractivity contribution in [2.45, 2.75) is 154 Å². The Hall–Kier alpha value is -3.75. The minimum atomic E-state index is -1.38. The van der Waals surface area contributed by atoms with Gasteiger partial charge >= 0.3 is 12.1 Å². The second kappa shape index (κ2) is 22.0. The lowest BCUT2D eigenvalue weighted by molar-refractivity contribution is -0.289. The van der Waals surface area contributed by atoms with Gasteiger partial charge in [0.1, 0.15) is 29.6 Å². The number of likely N-dealkylation sites (N-methyl/N-ethyl adjacent to an activating group) is 1. The molecule has 19 heteroatoms. The van der Waals surface area contributed by atoms with Crippen molar-refractivity contribution in [3.05, 3.63) is 30.6 Å². The number of halogens is 1. The summed E-state index contributed by atoms with van der Waals surface area (Å²) in [6.45, 7) is 13.0. The van der Waals surface area contributed by atoms with Crippen molar-refractivity contribution >= 4 is 35.9 Å². The highest BCUT2D eigenvalue weighted by Crippen LogP contribution is 2.39. The SMILES string of the molecule is CC[C@H]1OC(=O)[C@H](C)C(=O)C[C@@H](O[C@@H]2O[C@H](C)CC(N(C)C)C2O)[C@](C)(OC)C[C@@H](C)C(=O)N[C@H](C)[C@H]2N(CCCCn3cc(-c4ccccn4)nn3)C(=O)O[C@]12C.CSF. The van der Waals surface area contributed by atoms with Gasteiger partial charge in [0.15, 0.2) is 11.9 Å². The van der Waals surface area contributed by atoms with E-state index in [4.69, 9.17) is 23.7 Å². The zero-order valence-electron chi connectivity index (χ0n) is 37.4. The maximum absolute atomic E-state index is 14.1. The third-order valence-corrected chi connectivity index (χ3v) is 12.2. The number of aryl methyl sites for hydroxylation is 1. The maximum atomic E-state index is 14.1. The summed E-state index contributed by atoms with van der Waals surface area (Å²) in [7, 11) is 5.20. The first kappa shape index (κ1) is 49.9. The van der Waals surface area contributed by atoms with Crippen LogP contribution in [0.3, 0.4) is 0 Å². The highest BCUT2D eigenvalue weighted by atomic mass is 32.2. The molecule has 17 nitrogen and oxygen atoms in total. The number of aliphatic hydroxyl groups excluding tert-OH is 1. The molecule has 2 aromatic heterocycles. The van der Waals surface area contributed by atoms with E-state index in [-0.39, 0.29) is 49.5 Å². The lowest BCUT2D eigenvalue weighted by atomic mass is 9.83. The molecular formula is C42H66FN7O10S. The van der Waals surface area contributed by atoms with Crippen molar-refractivity contribution in [1.29, 1.82) is 0 Å². The number of hydrogen-bond acceptors (Lipinski definition) is 15. The van der Waals surface area contributed by atoms with Gasteiger partial charge in [-0.1, -0.05) is 25.1 Å². The summed E-state index contributed by atoms with van der Waals surface area (Å²) in [6, 6.07) is 3.90. The van der Waals surface area contributed by atoms with Gasteiger partial charge in [0.2, 0.25) is 5.91 Å². The van der Waals surface area contributed by atoms with E-state index < -0.39 is 77.6 Å². The second-order valence-corrected chi connectivity index (χ2v) is 17.3. The van der Waals surface area contributed by atoms with E-state index in [9.17, 15) is 28.2 Å². The predicted octanol–water partition coefficient (Wildman–Crippen LogP) is 4.61. The Bertz CT molecular complexity index is 1760. The number of aromatic nitrogens is 4. The van der Waals surface area contributed by atoms with Gasteiger partial charge in [0.25, 0.3) is 0 Å². The van der Waals surface area contributed by atoms with Crippen LogP contribution in [-0.2, 0) is 44.6 Å². The molecule has 3 aliphatic heterocycles. The number of fused-ring (bicyclic) bond motifs is 1. The fourth-order valence-electron chi connectivity index (χ4n) is 8.63. The molecule has 0 aromatic carbocycles. The van der Waals surface area contributed by atoms with Gasteiger partial charge in [-0.15, -0.1) is 5.10 Å². The number of methoxy groups -OCH3 is 1. The number of pyridine rings is 1. The van der Waals surface area contributed by atoms with E-state index in [1.54, 1.807) is 43.5 Å². The molecule has 0 saturated carbocycles. The van der Waals surface area contributed by atoms with Crippen LogP contribution in [0.4, 0.5) is 8.68 Å². The molecule has 2 amide bonds. The largest absolute Gasteiger partial charge is 0.458 e. The second-order valence-electron chi connectivity index (χ2n) is 17.0. The first-order valence-corrected chi connectivity index (χ1v) is 22.2. The van der Waals surface area contributed by atoms with E-state index in [0.29, 0.717) is 38.0 Å². The molecule has 3 saturated heterocycles. The number of carbonyl (C=O) groups excluding carboxylic acids is 4. The fourth-order valence-corrected chi connectivity index (χ4v) is 8.63. The van der Waals surface area contributed by atoms with E-state index in [1.165, 1.54) is 20.3 Å². The molecule has 0 bridgehead atoms. The average Bonchev–Trinajstić information content (AvgIpc) is 3.80. The van der Waals surface area contributed by atoms with Crippen LogP contribution in [0.1, 0.15) is 87.0 Å². The third-order valence-electron chi connectivity index (χ3n) is 12.2. The van der Waals surface area contributed by atoms with Crippen LogP contribution in [0, 0.1) is 11.8 Å². The van der Waals surface area contributed by atoms with Crippen molar-refractivity contribution in [3.63, 3.8) is 0 Å². The Balaban J connectivity index is 0.00000265. The zero-order valence-corrected chi connectivity index (χ0v) is 38.2. The molecular weight excluding hydrogens is 814 g/mol. The third kappa shape index (κ3) is 12.0. The summed E-state index contributed by atoms with van der Waals surface area (Å²) in [4.78, 5) is 63.6. The molecule has 0 aliphatic carbocycles. The maximum Gasteiger partial charge on any atom is 0.410 e. The number of hydrogen-bond donors (Lipinski definition) is 2. The number of nitrogens with one attached hydrogen (secondary N) is 1. The molecule has 2 aromatic rings. The number of amides is 2. The Morgan fingerprint density at radius 3 is 2.39 bits per heavy atom. The van der Waals surface area contributed by atoms with Crippen LogP contribution in [0.5, 0.6) is 0 Å². The van der Waals surface area contributed by atoms with Crippen LogP contribution in [0.2, 0.25) is 0 Å². The van der Waals surface area contributed by atoms with Crippen molar-refractivity contribution in [1.82, 2.24) is 35.1 Å². The number of carbonyl (C=O) groups is 4. The number of ether oxygens (including phenoxy) is 5. The summed E-state index contributed by atoms with van der Waals surface area (Å²) in [5.41, 5.74) is -1.26. The van der Waals surface area contributed by atoms with E-state index in [0.717, 1.165) is 5.69 Å². The standard InChI is InChI=1S/C41H63N7O10.CH3FS/c1-11-32-41(7)35(48(39(53)58-41)19-15-14-18-47-23-29(44-45-47)28-16-12-13-17-42-28)27(5)43-36(51)24(2)22-40(6,54-10)33(21-31(49)26(4)37(52)56-32)57-38-34(50)30(46(8)9)20-25(3)55-38;1-3-2/h12-13,16-17,23-27,30,32-35,38,50H,11,14-15,18-22H2,1-10H3,(H,43,51);1H3/t24-,25-,26-,27-,30?,32-,33-,34?,35-,38+,40-,41-;/m1./s1. The molecule has 61 heavy (non-hydrogen) atoms. The summed E-state index contributed by atoms with van der Waals surface area (Å²) < 4.78 is 42.8. The van der Waals surface area contributed by atoms with Gasteiger partial charge in [-0.2, -0.15) is 3.89 Å². The monoisotopic (exact) mass is 879 g/mol. The van der Waals surface area contributed by atoms with Crippen LogP contribution in [0.15, 0.2) is 30.6 Å². The number of ketones is 1. The van der Waals surface area contributed by atoms with E-state index in [2.05, 4.69) is 20.6 Å². The summed E-state index contributed by atoms with van der Waals surface area (Å²) in [5.74, 6) is -3.48. The summed E-state index contributed by atoms with van der Waals surface area (Å²) in [6.07, 6.45) is 1.77. The van der Waals surface area contributed by atoms with E-state index >= 15 is 0 Å². The Kier molecular flexibility index (Phi) is 18.0. The summed E-state index contributed by atoms with van der Waals surface area (Å²) >= 11 is 0.250. The zero-order chi connectivity index (χ0) is 45.2. The minimum absolute atomic E-state index is 0.108. The molecule has 342 valence electrons. The van der Waals surface area contributed by atoms with E-state index in [1.807, 2.05) is 57.2 Å². The van der Waals surface area contributed by atoms with Crippen LogP contribution in [0.25, 0.3) is 11.4 Å². The number of nitrogens with zero attached hydrogens (tertiary/aromatic N) is 6. The first-order valence-electron chi connectivity index (χ1n) is 21.0. The topological polar surface area (TPSA) is 197 Å². The molecule has 12 atom stereocenters. The number of unbranched alkanes of at least 4 members (excludes halogenated alkanes) is 1. The van der Waals surface area contributed by atoms with Crippen molar-refractivity contribution in [2.24, 2.45) is 11.8 Å². The highest BCUT2D eigenvalue weighted by molar-refractivity contribution is 7.93. The number of Topliss-reactive ketones (excluding diaryl/α,β-unsaturated/α-hetero) is 1. The van der Waals surface area contributed by atoms with Crippen LogP contribution >= 0.6 is 12.1 Å². The fraction of sp³-hybridized carbons (Fsp3) is 0.738. The molecule has 2 N–H and O–H groups in total.